The number of benzene rings is 1. The second kappa shape index (κ2) is 8.77. The molecule has 1 aromatic carbocycles. The van der Waals surface area contributed by atoms with Crippen LogP contribution >= 0.6 is 0 Å². The molecular weight excluding hydrogens is 336 g/mol. The molecule has 0 aliphatic heterocycles. The van der Waals surface area contributed by atoms with E-state index in [9.17, 15) is 9.90 Å². The minimum atomic E-state index is -0.194. The molecule has 0 spiro atoms. The summed E-state index contributed by atoms with van der Waals surface area (Å²) in [6.45, 7) is 6.72. The first kappa shape index (κ1) is 20.4. The predicted octanol–water partition coefficient (Wildman–Crippen LogP) is 5.62. The molecule has 3 nitrogen and oxygen atoms in total. The molecule has 6 atom stereocenters. The van der Waals surface area contributed by atoms with Gasteiger partial charge in [-0.05, 0) is 74.8 Å². The third-order valence-electron chi connectivity index (χ3n) is 7.37. The minimum Gasteiger partial charge on any atom is -0.458 e. The van der Waals surface area contributed by atoms with Crippen molar-refractivity contribution in [2.45, 2.75) is 84.3 Å². The van der Waals surface area contributed by atoms with Crippen molar-refractivity contribution in [2.24, 2.45) is 23.2 Å². The van der Waals surface area contributed by atoms with E-state index in [1.54, 1.807) is 0 Å². The maximum Gasteiger partial charge on any atom is 0.338 e. The fraction of sp³-hybridized carbons (Fsp3) is 0.708. The summed E-state index contributed by atoms with van der Waals surface area (Å²) in [5.41, 5.74) is 0.940. The van der Waals surface area contributed by atoms with Gasteiger partial charge >= 0.3 is 5.97 Å². The summed E-state index contributed by atoms with van der Waals surface area (Å²) in [5.74, 6) is 1.69. The fourth-order valence-electron chi connectivity index (χ4n) is 5.95. The van der Waals surface area contributed by atoms with Crippen molar-refractivity contribution in [1.29, 1.82) is 0 Å². The van der Waals surface area contributed by atoms with Crippen LogP contribution in [0.4, 0.5) is 0 Å². The number of aliphatic hydroxyl groups is 1. The van der Waals surface area contributed by atoms with Crippen molar-refractivity contribution in [3.05, 3.63) is 35.9 Å². The van der Waals surface area contributed by atoms with Crippen LogP contribution in [0, 0.1) is 23.2 Å². The van der Waals surface area contributed by atoms with Gasteiger partial charge in [0.2, 0.25) is 0 Å². The van der Waals surface area contributed by atoms with Crippen LogP contribution in [0.15, 0.2) is 30.3 Å². The van der Waals surface area contributed by atoms with Gasteiger partial charge in [-0.15, -0.1) is 0 Å². The Balaban J connectivity index is 1.64. The summed E-state index contributed by atoms with van der Waals surface area (Å²) in [6, 6.07) is 9.39. The molecular formula is C24H36O3. The Labute approximate surface area is 164 Å². The van der Waals surface area contributed by atoms with Crippen LogP contribution in [0.3, 0.4) is 0 Å². The molecule has 2 aliphatic carbocycles. The van der Waals surface area contributed by atoms with Crippen LogP contribution in [0.25, 0.3) is 0 Å². The zero-order valence-corrected chi connectivity index (χ0v) is 17.2. The number of rotatable bonds is 7. The van der Waals surface area contributed by atoms with Gasteiger partial charge in [0.25, 0.3) is 0 Å². The number of esters is 1. The van der Waals surface area contributed by atoms with E-state index < -0.39 is 0 Å². The Morgan fingerprint density at radius 3 is 2.63 bits per heavy atom. The highest BCUT2D eigenvalue weighted by Gasteiger charge is 2.53. The van der Waals surface area contributed by atoms with Gasteiger partial charge in [-0.3, -0.25) is 0 Å². The van der Waals surface area contributed by atoms with Crippen molar-refractivity contribution < 1.29 is 14.6 Å². The Morgan fingerprint density at radius 1 is 1.19 bits per heavy atom. The first-order valence-electron chi connectivity index (χ1n) is 10.9. The van der Waals surface area contributed by atoms with Gasteiger partial charge in [-0.2, -0.15) is 0 Å². The van der Waals surface area contributed by atoms with Crippen molar-refractivity contribution in [3.8, 4) is 0 Å². The highest BCUT2D eigenvalue weighted by atomic mass is 16.5. The minimum absolute atomic E-state index is 0.0612. The zero-order valence-electron chi connectivity index (χ0n) is 17.2. The van der Waals surface area contributed by atoms with Crippen molar-refractivity contribution in [1.82, 2.24) is 0 Å². The van der Waals surface area contributed by atoms with Crippen LogP contribution in [-0.4, -0.2) is 23.3 Å². The van der Waals surface area contributed by atoms with Gasteiger partial charge in [0.1, 0.15) is 6.10 Å². The molecule has 0 saturated heterocycles. The normalized spacial score (nSPS) is 32.5. The van der Waals surface area contributed by atoms with E-state index in [1.165, 1.54) is 25.7 Å². The standard InChI is InChI=1S/C24H36O3/c1-17(9-7-10-18(2)25)20-14-15-21-22(13-8-16-24(20,21)3)27-23(26)19-11-5-4-6-12-19/h4-6,11-12,17-18,20-22,25H,7-10,13-16H2,1-3H3/t17-,18?,20+,21-,22-,24+/m0/s1. The third kappa shape index (κ3) is 4.56. The lowest BCUT2D eigenvalue weighted by atomic mass is 9.61. The largest absolute Gasteiger partial charge is 0.458 e. The quantitative estimate of drug-likeness (QED) is 0.632. The molecule has 1 unspecified atom stereocenters. The molecule has 0 aromatic heterocycles. The topological polar surface area (TPSA) is 46.5 Å². The van der Waals surface area contributed by atoms with Crippen LogP contribution in [0.5, 0.6) is 0 Å². The van der Waals surface area contributed by atoms with E-state index in [4.69, 9.17) is 4.74 Å². The van der Waals surface area contributed by atoms with Crippen LogP contribution < -0.4 is 0 Å². The lowest BCUT2D eigenvalue weighted by Crippen LogP contribution is -2.43. The molecule has 150 valence electrons. The lowest BCUT2D eigenvalue weighted by molar-refractivity contribution is -0.0474. The molecule has 0 bridgehead atoms. The molecule has 27 heavy (non-hydrogen) atoms. The Kier molecular flexibility index (Phi) is 6.62. The van der Waals surface area contributed by atoms with Crippen LogP contribution in [0.2, 0.25) is 0 Å². The maximum atomic E-state index is 12.6. The first-order valence-corrected chi connectivity index (χ1v) is 10.9. The molecule has 2 saturated carbocycles. The third-order valence-corrected chi connectivity index (χ3v) is 7.37. The van der Waals surface area contributed by atoms with Gasteiger partial charge in [0.05, 0.1) is 11.7 Å². The number of hydrogen-bond donors (Lipinski definition) is 1. The number of aliphatic hydroxyl groups excluding tert-OH is 1. The number of fused-ring (bicyclic) bond motifs is 1. The van der Waals surface area contributed by atoms with E-state index in [2.05, 4.69) is 13.8 Å². The second-order valence-electron chi connectivity index (χ2n) is 9.26. The van der Waals surface area contributed by atoms with Crippen molar-refractivity contribution >= 4 is 5.97 Å². The molecule has 1 N–H and O–H groups in total. The maximum absolute atomic E-state index is 12.6. The van der Waals surface area contributed by atoms with Gasteiger partial charge in [0.15, 0.2) is 0 Å². The summed E-state index contributed by atoms with van der Waals surface area (Å²) in [5, 5.41) is 9.53. The van der Waals surface area contributed by atoms with Gasteiger partial charge in [-0.25, -0.2) is 4.79 Å². The number of carbonyl (C=O) groups excluding carboxylic acids is 1. The van der Waals surface area contributed by atoms with E-state index in [0.29, 0.717) is 23.3 Å². The van der Waals surface area contributed by atoms with Crippen LogP contribution in [-0.2, 0) is 4.74 Å². The molecule has 2 fully saturated rings. The highest BCUT2D eigenvalue weighted by molar-refractivity contribution is 5.89. The van der Waals surface area contributed by atoms with E-state index in [0.717, 1.165) is 25.7 Å². The summed E-state index contributed by atoms with van der Waals surface area (Å²) in [4.78, 5) is 12.6. The number of ether oxygens (including phenoxy) is 1. The smallest absolute Gasteiger partial charge is 0.338 e. The second-order valence-corrected chi connectivity index (χ2v) is 9.26. The molecule has 1 aromatic rings. The first-order chi connectivity index (χ1) is 12.9. The molecule has 3 heteroatoms. The molecule has 0 heterocycles. The van der Waals surface area contributed by atoms with E-state index >= 15 is 0 Å². The summed E-state index contributed by atoms with van der Waals surface area (Å²) in [6.07, 6.45) is 8.88. The summed E-state index contributed by atoms with van der Waals surface area (Å²) in [7, 11) is 0. The summed E-state index contributed by atoms with van der Waals surface area (Å²) >= 11 is 0. The van der Waals surface area contributed by atoms with Crippen LogP contribution in [0.1, 0.15) is 82.5 Å². The lowest BCUT2D eigenvalue weighted by Gasteiger charge is -2.46. The zero-order chi connectivity index (χ0) is 19.4. The SMILES string of the molecule is CC(O)CCC[C@H](C)[C@H]1CC[C@H]2[C@@H](OC(=O)c3ccccc3)CCC[C@]12C. The molecule has 3 rings (SSSR count). The van der Waals surface area contributed by atoms with Crippen molar-refractivity contribution in [3.63, 3.8) is 0 Å². The van der Waals surface area contributed by atoms with E-state index in [-0.39, 0.29) is 23.6 Å². The van der Waals surface area contributed by atoms with Gasteiger partial charge < -0.3 is 9.84 Å². The Hall–Kier alpha value is -1.35. The average Bonchev–Trinajstić information content (AvgIpc) is 3.00. The average molecular weight is 373 g/mol. The molecule has 0 radical (unpaired) electrons. The van der Waals surface area contributed by atoms with Crippen molar-refractivity contribution in [2.75, 3.05) is 0 Å². The predicted molar refractivity (Wildman–Crippen MR) is 109 cm³/mol. The fourth-order valence-corrected chi connectivity index (χ4v) is 5.95. The van der Waals surface area contributed by atoms with E-state index in [1.807, 2.05) is 37.3 Å². The van der Waals surface area contributed by atoms with Gasteiger partial charge in [0, 0.05) is 5.92 Å². The van der Waals surface area contributed by atoms with Gasteiger partial charge in [-0.1, -0.05) is 44.9 Å². The monoisotopic (exact) mass is 372 g/mol. The summed E-state index contributed by atoms with van der Waals surface area (Å²) < 4.78 is 6.03. The molecule has 0 amide bonds. The Morgan fingerprint density at radius 2 is 1.93 bits per heavy atom. The highest BCUT2D eigenvalue weighted by Crippen LogP contribution is 2.58. The molecule has 2 aliphatic rings. The number of hydrogen-bond acceptors (Lipinski definition) is 3. The number of carbonyl (C=O) groups is 1. The Bertz CT molecular complexity index is 611.